The van der Waals surface area contributed by atoms with Crippen molar-refractivity contribution in [2.45, 2.75) is 11.3 Å². The van der Waals surface area contributed by atoms with Gasteiger partial charge in [0.2, 0.25) is 10.0 Å². The third kappa shape index (κ3) is 4.81. The molecule has 1 aromatic carbocycles. The van der Waals surface area contributed by atoms with Gasteiger partial charge >= 0.3 is 0 Å². The summed E-state index contributed by atoms with van der Waals surface area (Å²) in [4.78, 5) is 1.94. The van der Waals surface area contributed by atoms with Gasteiger partial charge < -0.3 is 9.64 Å². The predicted octanol–water partition coefficient (Wildman–Crippen LogP) is 1.32. The van der Waals surface area contributed by atoms with Gasteiger partial charge in [0.1, 0.15) is 10.6 Å². The summed E-state index contributed by atoms with van der Waals surface area (Å²) < 4.78 is 28.2. The Morgan fingerprint density at radius 3 is 2.61 bits per heavy atom. The van der Waals surface area contributed by atoms with Crippen LogP contribution in [0.5, 0.6) is 5.75 Å². The van der Waals surface area contributed by atoms with Gasteiger partial charge in [-0.1, -0.05) is 11.6 Å². The SMILES string of the molecule is CN(C)CCCOc1ccc(Cl)cc1S(N)(=O)=O. The molecule has 0 saturated heterocycles. The summed E-state index contributed by atoms with van der Waals surface area (Å²) in [5.74, 6) is 0.237. The standard InChI is InChI=1S/C11H17ClN2O3S/c1-14(2)6-3-7-17-10-5-4-9(12)8-11(10)18(13,15)16/h4-5,8H,3,6-7H2,1-2H3,(H2,13,15,16). The van der Waals surface area contributed by atoms with Crippen molar-refractivity contribution in [2.75, 3.05) is 27.2 Å². The molecular weight excluding hydrogens is 276 g/mol. The van der Waals surface area contributed by atoms with Crippen LogP contribution in [0.25, 0.3) is 0 Å². The molecule has 0 aromatic heterocycles. The molecule has 0 radical (unpaired) electrons. The molecule has 2 N–H and O–H groups in total. The van der Waals surface area contributed by atoms with Crippen LogP contribution in [-0.2, 0) is 10.0 Å². The Balaban J connectivity index is 2.77. The second-order valence-electron chi connectivity index (χ2n) is 4.14. The molecule has 0 spiro atoms. The predicted molar refractivity (Wildman–Crippen MR) is 71.5 cm³/mol. The number of ether oxygens (including phenoxy) is 1. The zero-order valence-corrected chi connectivity index (χ0v) is 12.0. The molecule has 0 heterocycles. The molecule has 5 nitrogen and oxygen atoms in total. The number of nitrogens with zero attached hydrogens (tertiary/aromatic N) is 1. The fourth-order valence-electron chi connectivity index (χ4n) is 1.39. The molecule has 0 aliphatic heterocycles. The lowest BCUT2D eigenvalue weighted by molar-refractivity contribution is 0.276. The van der Waals surface area contributed by atoms with Gasteiger partial charge in [-0.25, -0.2) is 13.6 Å². The lowest BCUT2D eigenvalue weighted by Gasteiger charge is -2.12. The first-order chi connectivity index (χ1) is 8.30. The first kappa shape index (κ1) is 15.2. The Morgan fingerprint density at radius 2 is 2.06 bits per heavy atom. The van der Waals surface area contributed by atoms with Crippen LogP contribution in [0.3, 0.4) is 0 Å². The summed E-state index contributed by atoms with van der Waals surface area (Å²) in [5, 5.41) is 5.41. The molecule has 18 heavy (non-hydrogen) atoms. The molecule has 0 unspecified atom stereocenters. The van der Waals surface area contributed by atoms with Crippen LogP contribution in [0.15, 0.2) is 23.1 Å². The number of primary sulfonamides is 1. The van der Waals surface area contributed by atoms with Gasteiger partial charge in [0.05, 0.1) is 6.61 Å². The van der Waals surface area contributed by atoms with Gasteiger partial charge in [0.25, 0.3) is 0 Å². The minimum absolute atomic E-state index is 0.0835. The monoisotopic (exact) mass is 292 g/mol. The summed E-state index contributed by atoms with van der Waals surface area (Å²) in [6.45, 7) is 1.28. The van der Waals surface area contributed by atoms with Crippen molar-refractivity contribution < 1.29 is 13.2 Å². The number of hydrogen-bond donors (Lipinski definition) is 1. The third-order valence-corrected chi connectivity index (χ3v) is 3.39. The van der Waals surface area contributed by atoms with Crippen molar-refractivity contribution in [3.63, 3.8) is 0 Å². The van der Waals surface area contributed by atoms with Crippen LogP contribution in [0, 0.1) is 0 Å². The van der Waals surface area contributed by atoms with E-state index < -0.39 is 10.0 Å². The zero-order valence-electron chi connectivity index (χ0n) is 10.4. The van der Waals surface area contributed by atoms with Crippen molar-refractivity contribution in [1.82, 2.24) is 4.90 Å². The maximum Gasteiger partial charge on any atom is 0.241 e. The van der Waals surface area contributed by atoms with Crippen LogP contribution in [0.4, 0.5) is 0 Å². The van der Waals surface area contributed by atoms with Gasteiger partial charge in [0.15, 0.2) is 0 Å². The molecule has 0 saturated carbocycles. The van der Waals surface area contributed by atoms with Crippen LogP contribution < -0.4 is 9.88 Å². The zero-order chi connectivity index (χ0) is 13.8. The summed E-state index contributed by atoms with van der Waals surface area (Å²) in [7, 11) is 0.0835. The van der Waals surface area contributed by atoms with Gasteiger partial charge in [0, 0.05) is 11.6 Å². The Kier molecular flexibility index (Phi) is 5.40. The van der Waals surface area contributed by atoms with E-state index in [9.17, 15) is 8.42 Å². The van der Waals surface area contributed by atoms with Crippen LogP contribution >= 0.6 is 11.6 Å². The quantitative estimate of drug-likeness (QED) is 0.803. The van der Waals surface area contributed by atoms with Gasteiger partial charge in [-0.2, -0.15) is 0 Å². The number of halogens is 1. The second-order valence-corrected chi connectivity index (χ2v) is 6.11. The highest BCUT2D eigenvalue weighted by Crippen LogP contribution is 2.26. The lowest BCUT2D eigenvalue weighted by atomic mass is 10.3. The molecule has 102 valence electrons. The summed E-state index contributed by atoms with van der Waals surface area (Å²) in [6, 6.07) is 4.37. The molecule has 0 fully saturated rings. The maximum atomic E-state index is 11.4. The second kappa shape index (κ2) is 6.38. The van der Waals surface area contributed by atoms with E-state index in [1.807, 2.05) is 19.0 Å². The van der Waals surface area contributed by atoms with E-state index >= 15 is 0 Å². The topological polar surface area (TPSA) is 72.6 Å². The lowest BCUT2D eigenvalue weighted by Crippen LogP contribution is -2.17. The number of nitrogens with two attached hydrogens (primary N) is 1. The van der Waals surface area contributed by atoms with Crippen molar-refractivity contribution in [3.8, 4) is 5.75 Å². The Morgan fingerprint density at radius 1 is 1.39 bits per heavy atom. The van der Waals surface area contributed by atoms with Crippen molar-refractivity contribution in [1.29, 1.82) is 0 Å². The van der Waals surface area contributed by atoms with Crippen molar-refractivity contribution in [3.05, 3.63) is 23.2 Å². The average molecular weight is 293 g/mol. The molecule has 0 aliphatic rings. The van der Waals surface area contributed by atoms with Crippen molar-refractivity contribution >= 4 is 21.6 Å². The number of rotatable bonds is 6. The molecule has 1 aromatic rings. The number of benzene rings is 1. The maximum absolute atomic E-state index is 11.4. The van der Waals surface area contributed by atoms with Crippen LogP contribution in [0.2, 0.25) is 5.02 Å². The normalized spacial score (nSPS) is 11.8. The molecule has 7 heteroatoms. The minimum atomic E-state index is -3.83. The highest BCUT2D eigenvalue weighted by molar-refractivity contribution is 7.89. The Labute approximate surface area is 113 Å². The van der Waals surface area contributed by atoms with E-state index in [-0.39, 0.29) is 10.6 Å². The largest absolute Gasteiger partial charge is 0.492 e. The van der Waals surface area contributed by atoms with E-state index in [0.29, 0.717) is 11.6 Å². The highest BCUT2D eigenvalue weighted by Gasteiger charge is 2.15. The van der Waals surface area contributed by atoms with Gasteiger partial charge in [-0.3, -0.25) is 0 Å². The fraction of sp³-hybridized carbons (Fsp3) is 0.455. The number of hydrogen-bond acceptors (Lipinski definition) is 4. The Hall–Kier alpha value is -0.820. The van der Waals surface area contributed by atoms with E-state index in [4.69, 9.17) is 21.5 Å². The highest BCUT2D eigenvalue weighted by atomic mass is 35.5. The summed E-state index contributed by atoms with van der Waals surface area (Å²) in [5.41, 5.74) is 0. The first-order valence-electron chi connectivity index (χ1n) is 5.40. The van der Waals surface area contributed by atoms with Gasteiger partial charge in [-0.05, 0) is 38.7 Å². The van der Waals surface area contributed by atoms with E-state index in [0.717, 1.165) is 13.0 Å². The van der Waals surface area contributed by atoms with Crippen molar-refractivity contribution in [2.24, 2.45) is 5.14 Å². The molecule has 1 rings (SSSR count). The Bertz CT molecular complexity index is 503. The molecular formula is C11H17ClN2O3S. The molecule has 0 atom stereocenters. The third-order valence-electron chi connectivity index (χ3n) is 2.22. The minimum Gasteiger partial charge on any atom is -0.492 e. The summed E-state index contributed by atoms with van der Waals surface area (Å²) >= 11 is 5.74. The first-order valence-corrected chi connectivity index (χ1v) is 7.33. The van der Waals surface area contributed by atoms with E-state index in [1.165, 1.54) is 12.1 Å². The number of sulfonamides is 1. The average Bonchev–Trinajstić information content (AvgIpc) is 2.24. The van der Waals surface area contributed by atoms with Crippen LogP contribution in [0.1, 0.15) is 6.42 Å². The smallest absolute Gasteiger partial charge is 0.241 e. The molecule has 0 aliphatic carbocycles. The summed E-state index contributed by atoms with van der Waals surface area (Å²) in [6.07, 6.45) is 0.791. The molecule has 0 amide bonds. The van der Waals surface area contributed by atoms with Gasteiger partial charge in [-0.15, -0.1) is 0 Å². The fourth-order valence-corrected chi connectivity index (χ4v) is 2.32. The van der Waals surface area contributed by atoms with E-state index in [2.05, 4.69) is 0 Å². The molecule has 0 bridgehead atoms. The van der Waals surface area contributed by atoms with E-state index in [1.54, 1.807) is 6.07 Å². The van der Waals surface area contributed by atoms with Crippen LogP contribution in [-0.4, -0.2) is 40.6 Å².